The van der Waals surface area contributed by atoms with Gasteiger partial charge in [0.2, 0.25) is 6.79 Å². The van der Waals surface area contributed by atoms with Gasteiger partial charge in [-0.2, -0.15) is 0 Å². The van der Waals surface area contributed by atoms with Gasteiger partial charge in [-0.25, -0.2) is 0 Å². The lowest BCUT2D eigenvalue weighted by atomic mass is 9.94. The zero-order chi connectivity index (χ0) is 24.4. The van der Waals surface area contributed by atoms with Crippen molar-refractivity contribution in [3.8, 4) is 17.2 Å². The van der Waals surface area contributed by atoms with Crippen molar-refractivity contribution in [2.45, 2.75) is 39.5 Å². The Morgan fingerprint density at radius 1 is 1.14 bits per heavy atom. The van der Waals surface area contributed by atoms with E-state index in [1.54, 1.807) is 25.1 Å². The SMILES string of the molecule is Cc1ncc2c(c1CNC(=O)c1ccc3c(c1)OCO3)CCN(C(=O)C(C)Oc1ccccc1)C2. The van der Waals surface area contributed by atoms with Gasteiger partial charge in [-0.1, -0.05) is 18.2 Å². The van der Waals surface area contributed by atoms with Crippen molar-refractivity contribution in [1.82, 2.24) is 15.2 Å². The number of ether oxygens (including phenoxy) is 3. The smallest absolute Gasteiger partial charge is 0.263 e. The Morgan fingerprint density at radius 2 is 1.94 bits per heavy atom. The third-order valence-corrected chi connectivity index (χ3v) is 6.37. The summed E-state index contributed by atoms with van der Waals surface area (Å²) in [5.74, 6) is 1.63. The summed E-state index contributed by atoms with van der Waals surface area (Å²) in [7, 11) is 0. The van der Waals surface area contributed by atoms with Crippen molar-refractivity contribution in [2.75, 3.05) is 13.3 Å². The van der Waals surface area contributed by atoms with E-state index in [2.05, 4.69) is 10.3 Å². The molecular formula is C27H27N3O5. The highest BCUT2D eigenvalue weighted by molar-refractivity contribution is 5.95. The first kappa shape index (κ1) is 22.7. The third-order valence-electron chi connectivity index (χ3n) is 6.37. The van der Waals surface area contributed by atoms with Gasteiger partial charge in [-0.15, -0.1) is 0 Å². The molecule has 8 heteroatoms. The van der Waals surface area contributed by atoms with Gasteiger partial charge in [0.15, 0.2) is 17.6 Å². The van der Waals surface area contributed by atoms with E-state index in [-0.39, 0.29) is 18.6 Å². The molecule has 1 N–H and O–H groups in total. The maximum Gasteiger partial charge on any atom is 0.263 e. The number of pyridine rings is 1. The van der Waals surface area contributed by atoms with Crippen molar-refractivity contribution < 1.29 is 23.8 Å². The Labute approximate surface area is 203 Å². The van der Waals surface area contributed by atoms with Gasteiger partial charge in [0, 0.05) is 37.1 Å². The summed E-state index contributed by atoms with van der Waals surface area (Å²) < 4.78 is 16.5. The fourth-order valence-corrected chi connectivity index (χ4v) is 4.46. The number of benzene rings is 2. The lowest BCUT2D eigenvalue weighted by molar-refractivity contribution is -0.138. The first-order valence-electron chi connectivity index (χ1n) is 11.6. The minimum atomic E-state index is -0.585. The molecule has 0 bridgehead atoms. The minimum Gasteiger partial charge on any atom is -0.481 e. The summed E-state index contributed by atoms with van der Waals surface area (Å²) in [5.41, 5.74) is 4.51. The molecule has 0 aliphatic carbocycles. The van der Waals surface area contributed by atoms with Gasteiger partial charge in [0.25, 0.3) is 11.8 Å². The first-order chi connectivity index (χ1) is 17.0. The van der Waals surface area contributed by atoms with Crippen LogP contribution >= 0.6 is 0 Å². The number of carbonyl (C=O) groups excluding carboxylic acids is 2. The Bertz CT molecular complexity index is 1260. The van der Waals surface area contributed by atoms with Crippen LogP contribution in [0.15, 0.2) is 54.7 Å². The van der Waals surface area contributed by atoms with Gasteiger partial charge in [0.05, 0.1) is 0 Å². The van der Waals surface area contributed by atoms with Crippen LogP contribution < -0.4 is 19.5 Å². The van der Waals surface area contributed by atoms with Crippen LogP contribution in [0.3, 0.4) is 0 Å². The molecule has 2 aromatic carbocycles. The highest BCUT2D eigenvalue weighted by Crippen LogP contribution is 2.32. The van der Waals surface area contributed by atoms with Crippen LogP contribution in [-0.2, 0) is 24.3 Å². The summed E-state index contributed by atoms with van der Waals surface area (Å²) in [6.07, 6.45) is 1.94. The topological polar surface area (TPSA) is 90.0 Å². The minimum absolute atomic E-state index is 0.0576. The average molecular weight is 474 g/mol. The molecular weight excluding hydrogens is 446 g/mol. The molecule has 1 aromatic heterocycles. The quantitative estimate of drug-likeness (QED) is 0.590. The molecule has 1 atom stereocenters. The summed E-state index contributed by atoms with van der Waals surface area (Å²) >= 11 is 0. The van der Waals surface area contributed by atoms with Crippen molar-refractivity contribution in [1.29, 1.82) is 0 Å². The fraction of sp³-hybridized carbons (Fsp3) is 0.296. The van der Waals surface area contributed by atoms with Crippen LogP contribution in [-0.4, -0.2) is 41.1 Å². The lowest BCUT2D eigenvalue weighted by Crippen LogP contribution is -2.43. The molecule has 3 heterocycles. The van der Waals surface area contributed by atoms with E-state index in [0.29, 0.717) is 48.9 Å². The Hall–Kier alpha value is -4.07. The van der Waals surface area contributed by atoms with Gasteiger partial charge in [-0.05, 0) is 67.3 Å². The molecule has 2 amide bonds. The molecule has 0 spiro atoms. The molecule has 0 saturated carbocycles. The van der Waals surface area contributed by atoms with E-state index in [1.807, 2.05) is 48.4 Å². The predicted molar refractivity (Wildman–Crippen MR) is 128 cm³/mol. The third kappa shape index (κ3) is 4.77. The van der Waals surface area contributed by atoms with Crippen LogP contribution in [0.25, 0.3) is 0 Å². The molecule has 0 radical (unpaired) electrons. The summed E-state index contributed by atoms with van der Waals surface area (Å²) in [5, 5.41) is 3.00. The summed E-state index contributed by atoms with van der Waals surface area (Å²) in [6.45, 7) is 5.29. The number of fused-ring (bicyclic) bond motifs is 2. The number of aromatic nitrogens is 1. The molecule has 0 fully saturated rings. The van der Waals surface area contributed by atoms with Crippen LogP contribution in [0, 0.1) is 6.92 Å². The van der Waals surface area contributed by atoms with Crippen molar-refractivity contribution in [3.05, 3.63) is 82.7 Å². The van der Waals surface area contributed by atoms with Crippen LogP contribution in [0.1, 0.15) is 39.7 Å². The summed E-state index contributed by atoms with van der Waals surface area (Å²) in [6, 6.07) is 14.5. The predicted octanol–water partition coefficient (Wildman–Crippen LogP) is 3.40. The van der Waals surface area contributed by atoms with E-state index >= 15 is 0 Å². The number of aryl methyl sites for hydroxylation is 1. The average Bonchev–Trinajstić information content (AvgIpc) is 3.36. The first-order valence-corrected chi connectivity index (χ1v) is 11.6. The molecule has 1 unspecified atom stereocenters. The number of nitrogens with one attached hydrogen (secondary N) is 1. The van der Waals surface area contributed by atoms with Gasteiger partial charge < -0.3 is 24.4 Å². The molecule has 3 aromatic rings. The van der Waals surface area contributed by atoms with E-state index in [0.717, 1.165) is 22.4 Å². The molecule has 2 aliphatic heterocycles. The Morgan fingerprint density at radius 3 is 2.77 bits per heavy atom. The molecule has 2 aliphatic rings. The van der Waals surface area contributed by atoms with Gasteiger partial charge in [-0.3, -0.25) is 14.6 Å². The van der Waals surface area contributed by atoms with E-state index in [4.69, 9.17) is 14.2 Å². The summed E-state index contributed by atoms with van der Waals surface area (Å²) in [4.78, 5) is 32.1. The normalized spacial score (nSPS) is 14.7. The number of nitrogens with zero attached hydrogens (tertiary/aromatic N) is 2. The second-order valence-corrected chi connectivity index (χ2v) is 8.66. The Kier molecular flexibility index (Phi) is 6.27. The molecule has 0 saturated heterocycles. The van der Waals surface area contributed by atoms with E-state index in [1.165, 1.54) is 0 Å². The number of hydrogen-bond donors (Lipinski definition) is 1. The molecule has 180 valence electrons. The zero-order valence-electron chi connectivity index (χ0n) is 19.7. The number of hydrogen-bond acceptors (Lipinski definition) is 6. The van der Waals surface area contributed by atoms with Crippen LogP contribution in [0.2, 0.25) is 0 Å². The van der Waals surface area contributed by atoms with Crippen LogP contribution in [0.5, 0.6) is 17.2 Å². The second-order valence-electron chi connectivity index (χ2n) is 8.66. The fourth-order valence-electron chi connectivity index (χ4n) is 4.46. The van der Waals surface area contributed by atoms with E-state index < -0.39 is 6.10 Å². The van der Waals surface area contributed by atoms with E-state index in [9.17, 15) is 9.59 Å². The largest absolute Gasteiger partial charge is 0.481 e. The maximum atomic E-state index is 13.0. The lowest BCUT2D eigenvalue weighted by Gasteiger charge is -2.32. The van der Waals surface area contributed by atoms with Gasteiger partial charge in [0.1, 0.15) is 5.75 Å². The number of rotatable bonds is 6. The second kappa shape index (κ2) is 9.66. The zero-order valence-corrected chi connectivity index (χ0v) is 19.7. The molecule has 8 nitrogen and oxygen atoms in total. The number of amides is 2. The monoisotopic (exact) mass is 473 g/mol. The van der Waals surface area contributed by atoms with Crippen molar-refractivity contribution >= 4 is 11.8 Å². The molecule has 35 heavy (non-hydrogen) atoms. The number of para-hydroxylation sites is 1. The van der Waals surface area contributed by atoms with Crippen molar-refractivity contribution in [3.63, 3.8) is 0 Å². The molecule has 5 rings (SSSR count). The highest BCUT2D eigenvalue weighted by Gasteiger charge is 2.28. The Balaban J connectivity index is 1.25. The maximum absolute atomic E-state index is 13.0. The standard InChI is InChI=1S/C27H27N3O5/c1-17-23(14-29-26(31)19-8-9-24-25(12-19)34-16-33-24)22-10-11-30(15-20(22)13-28-17)27(32)18(2)35-21-6-4-3-5-7-21/h3-9,12-13,18H,10-11,14-16H2,1-2H3,(H,29,31). The van der Waals surface area contributed by atoms with Crippen LogP contribution in [0.4, 0.5) is 0 Å². The number of carbonyl (C=O) groups is 2. The highest BCUT2D eigenvalue weighted by atomic mass is 16.7. The van der Waals surface area contributed by atoms with Crippen molar-refractivity contribution in [2.24, 2.45) is 0 Å². The van der Waals surface area contributed by atoms with Gasteiger partial charge >= 0.3 is 0 Å².